The Morgan fingerprint density at radius 3 is 2.65 bits per heavy atom. The molecule has 5 rings (SSSR count). The molecule has 3 aromatic carbocycles. The van der Waals surface area contributed by atoms with Gasteiger partial charge in [0, 0.05) is 23.9 Å². The van der Waals surface area contributed by atoms with E-state index in [2.05, 4.69) is 15.6 Å². The van der Waals surface area contributed by atoms with E-state index in [9.17, 15) is 14.0 Å². The summed E-state index contributed by atoms with van der Waals surface area (Å²) in [5.41, 5.74) is 0.815. The molecule has 2 amide bonds. The van der Waals surface area contributed by atoms with Crippen molar-refractivity contribution in [1.82, 2.24) is 19.9 Å². The quantitative estimate of drug-likeness (QED) is 0.388. The minimum Gasteiger partial charge on any atom is -0.454 e. The number of aromatic nitrogens is 3. The average Bonchev–Trinajstić information content (AvgIpc) is 3.54. The molecule has 1 aromatic heterocycles. The van der Waals surface area contributed by atoms with Crippen molar-refractivity contribution < 1.29 is 23.5 Å². The minimum atomic E-state index is -1.31. The van der Waals surface area contributed by atoms with E-state index in [0.29, 0.717) is 33.8 Å². The summed E-state index contributed by atoms with van der Waals surface area (Å²) in [6.07, 6.45) is 0.279. The molecule has 0 radical (unpaired) electrons. The average molecular weight is 504 g/mol. The highest BCUT2D eigenvalue weighted by Crippen LogP contribution is 2.35. The Labute approximate surface area is 212 Å². The molecule has 1 atom stereocenters. The van der Waals surface area contributed by atoms with Crippen molar-refractivity contribution >= 4 is 28.5 Å². The minimum absolute atomic E-state index is 0.100. The van der Waals surface area contributed by atoms with Gasteiger partial charge < -0.3 is 19.7 Å². The highest BCUT2D eigenvalue weighted by molar-refractivity contribution is 6.00. The molecule has 0 fully saturated rings. The first-order valence-electron chi connectivity index (χ1n) is 11.9. The van der Waals surface area contributed by atoms with Crippen LogP contribution in [-0.4, -0.2) is 44.0 Å². The molecule has 0 spiro atoms. The van der Waals surface area contributed by atoms with Crippen molar-refractivity contribution in [3.63, 3.8) is 0 Å². The van der Waals surface area contributed by atoms with Gasteiger partial charge in [0.2, 0.25) is 18.6 Å². The molecule has 9 nitrogen and oxygen atoms in total. The van der Waals surface area contributed by atoms with Gasteiger partial charge in [0.25, 0.3) is 0 Å². The number of nitrogens with one attached hydrogen (secondary N) is 1. The van der Waals surface area contributed by atoms with Gasteiger partial charge in [-0.3, -0.25) is 9.59 Å². The summed E-state index contributed by atoms with van der Waals surface area (Å²) in [6, 6.07) is 18.6. The third-order valence-electron chi connectivity index (χ3n) is 6.70. The van der Waals surface area contributed by atoms with Crippen LogP contribution in [0.15, 0.2) is 66.7 Å². The van der Waals surface area contributed by atoms with Crippen LogP contribution in [0, 0.1) is 5.82 Å². The lowest BCUT2D eigenvalue weighted by molar-refractivity contribution is -0.146. The Hall–Kier alpha value is -4.47. The van der Waals surface area contributed by atoms with E-state index in [-0.39, 0.29) is 26.3 Å². The molecule has 1 aliphatic heterocycles. The Kier molecular flexibility index (Phi) is 6.47. The maximum Gasteiger partial charge on any atom is 0.250 e. The highest BCUT2D eigenvalue weighted by atomic mass is 19.1. The molecule has 37 heavy (non-hydrogen) atoms. The van der Waals surface area contributed by atoms with E-state index < -0.39 is 23.2 Å². The summed E-state index contributed by atoms with van der Waals surface area (Å²) >= 11 is 0. The summed E-state index contributed by atoms with van der Waals surface area (Å²) in [5.74, 6) is -0.159. The first kappa shape index (κ1) is 24.2. The van der Waals surface area contributed by atoms with E-state index >= 15 is 0 Å². The van der Waals surface area contributed by atoms with Crippen molar-refractivity contribution in [3.8, 4) is 11.5 Å². The van der Waals surface area contributed by atoms with E-state index in [0.717, 1.165) is 0 Å². The molecular weight excluding hydrogens is 477 g/mol. The molecule has 1 unspecified atom stereocenters. The molecule has 0 aliphatic carbocycles. The monoisotopic (exact) mass is 503 g/mol. The fraction of sp³-hybridized carbons (Fsp3) is 0.259. The van der Waals surface area contributed by atoms with Gasteiger partial charge in [-0.15, -0.1) is 5.10 Å². The van der Waals surface area contributed by atoms with Crippen molar-refractivity contribution in [1.29, 1.82) is 0 Å². The molecule has 0 bridgehead atoms. The third kappa shape index (κ3) is 4.69. The van der Waals surface area contributed by atoms with E-state index in [1.54, 1.807) is 49.4 Å². The smallest absolute Gasteiger partial charge is 0.250 e. The van der Waals surface area contributed by atoms with E-state index in [1.807, 2.05) is 25.1 Å². The lowest BCUT2D eigenvalue weighted by atomic mass is 9.93. The topological polar surface area (TPSA) is 98.6 Å². The number of halogens is 1. The predicted molar refractivity (Wildman–Crippen MR) is 134 cm³/mol. The molecule has 0 saturated heterocycles. The number of carbonyl (C=O) groups is 2. The first-order chi connectivity index (χ1) is 17.9. The number of benzene rings is 3. The van der Waals surface area contributed by atoms with Crippen LogP contribution < -0.4 is 14.8 Å². The summed E-state index contributed by atoms with van der Waals surface area (Å²) < 4.78 is 26.9. The Morgan fingerprint density at radius 2 is 1.84 bits per heavy atom. The summed E-state index contributed by atoms with van der Waals surface area (Å²) in [6.45, 7) is 3.33. The Bertz CT molecular complexity index is 1470. The van der Waals surface area contributed by atoms with Gasteiger partial charge in [0.1, 0.15) is 23.4 Å². The van der Waals surface area contributed by atoms with Crippen LogP contribution in [0.3, 0.4) is 0 Å². The van der Waals surface area contributed by atoms with Crippen molar-refractivity contribution in [3.05, 3.63) is 78.1 Å². The SMILES string of the molecule is CCC(C)(C(=O)Nc1ccc2c(c1)OCO2)N(Cc1ccccc1F)C(=O)Cn1nnc2ccccc21. The number of fused-ring (bicyclic) bond motifs is 2. The number of rotatable bonds is 8. The second kappa shape index (κ2) is 9.88. The van der Waals surface area contributed by atoms with Gasteiger partial charge in [0.05, 0.1) is 5.52 Å². The van der Waals surface area contributed by atoms with Crippen LogP contribution in [0.5, 0.6) is 11.5 Å². The number of anilines is 1. The third-order valence-corrected chi connectivity index (χ3v) is 6.70. The van der Waals surface area contributed by atoms with Gasteiger partial charge >= 0.3 is 0 Å². The second-order valence-corrected chi connectivity index (χ2v) is 8.96. The standard InChI is InChI=1S/C27H26FN5O4/c1-3-27(2,26(35)29-19-12-13-23-24(14-19)37-17-36-23)32(15-18-8-4-5-9-20(18)28)25(34)16-33-22-11-7-6-10-21(22)30-31-33/h4-14H,3,15-17H2,1-2H3,(H,29,35). The van der Waals surface area contributed by atoms with E-state index in [1.165, 1.54) is 15.6 Å². The summed E-state index contributed by atoms with van der Waals surface area (Å²) in [4.78, 5) is 28.9. The zero-order valence-electron chi connectivity index (χ0n) is 20.5. The molecule has 190 valence electrons. The number of ether oxygens (including phenoxy) is 2. The summed E-state index contributed by atoms with van der Waals surface area (Å²) in [5, 5.41) is 11.1. The Balaban J connectivity index is 1.47. The van der Waals surface area contributed by atoms with Crippen LogP contribution in [0.25, 0.3) is 11.0 Å². The molecule has 1 aliphatic rings. The summed E-state index contributed by atoms with van der Waals surface area (Å²) in [7, 11) is 0. The lowest BCUT2D eigenvalue weighted by Crippen LogP contribution is -2.57. The van der Waals surface area contributed by atoms with Crippen LogP contribution in [0.2, 0.25) is 0 Å². The van der Waals surface area contributed by atoms with Gasteiger partial charge in [0.15, 0.2) is 11.5 Å². The van der Waals surface area contributed by atoms with Crippen molar-refractivity contribution in [2.45, 2.75) is 38.9 Å². The van der Waals surface area contributed by atoms with Crippen LogP contribution in [-0.2, 0) is 22.7 Å². The fourth-order valence-corrected chi connectivity index (χ4v) is 4.30. The van der Waals surface area contributed by atoms with Gasteiger partial charge in [-0.25, -0.2) is 9.07 Å². The fourth-order valence-electron chi connectivity index (χ4n) is 4.30. The molecular formula is C27H26FN5O4. The van der Waals surface area contributed by atoms with Crippen LogP contribution >= 0.6 is 0 Å². The number of amides is 2. The molecule has 0 saturated carbocycles. The van der Waals surface area contributed by atoms with Crippen LogP contribution in [0.4, 0.5) is 10.1 Å². The molecule has 10 heteroatoms. The van der Waals surface area contributed by atoms with Gasteiger partial charge in [-0.2, -0.15) is 0 Å². The maximum absolute atomic E-state index is 14.7. The number of hydrogen-bond donors (Lipinski definition) is 1. The number of nitrogens with zero attached hydrogens (tertiary/aromatic N) is 4. The second-order valence-electron chi connectivity index (χ2n) is 8.96. The van der Waals surface area contributed by atoms with Crippen molar-refractivity contribution in [2.24, 2.45) is 0 Å². The Morgan fingerprint density at radius 1 is 1.08 bits per heavy atom. The number of carbonyl (C=O) groups excluding carboxylic acids is 2. The number of para-hydroxylation sites is 1. The maximum atomic E-state index is 14.7. The van der Waals surface area contributed by atoms with Crippen molar-refractivity contribution in [2.75, 3.05) is 12.1 Å². The molecule has 1 N–H and O–H groups in total. The highest BCUT2D eigenvalue weighted by Gasteiger charge is 2.41. The first-order valence-corrected chi connectivity index (χ1v) is 11.9. The lowest BCUT2D eigenvalue weighted by Gasteiger charge is -2.39. The predicted octanol–water partition coefficient (Wildman–Crippen LogP) is 4.14. The zero-order valence-corrected chi connectivity index (χ0v) is 20.5. The number of hydrogen-bond acceptors (Lipinski definition) is 6. The van der Waals surface area contributed by atoms with Gasteiger partial charge in [-0.05, 0) is 43.7 Å². The van der Waals surface area contributed by atoms with Gasteiger partial charge in [-0.1, -0.05) is 42.5 Å². The normalized spacial score (nSPS) is 13.8. The zero-order chi connectivity index (χ0) is 26.0. The molecule has 4 aromatic rings. The van der Waals surface area contributed by atoms with Crippen LogP contribution in [0.1, 0.15) is 25.8 Å². The largest absolute Gasteiger partial charge is 0.454 e. The van der Waals surface area contributed by atoms with E-state index in [4.69, 9.17) is 9.47 Å². The molecule has 2 heterocycles.